The van der Waals surface area contributed by atoms with Crippen LogP contribution in [-0.2, 0) is 11.3 Å². The molecule has 2 fully saturated rings. The first kappa shape index (κ1) is 18.0. The van der Waals surface area contributed by atoms with Gasteiger partial charge in [-0.05, 0) is 25.3 Å². The number of morpholine rings is 1. The quantitative estimate of drug-likeness (QED) is 0.580. The van der Waals surface area contributed by atoms with Crippen molar-refractivity contribution < 1.29 is 9.47 Å². The first-order valence-electron chi connectivity index (χ1n) is 9.34. The SMILES string of the molecule is CN=C(NCCN1CCOCC1)NCc1ccccc1OC1CCC1. The third-order valence-electron chi connectivity index (χ3n) is 4.81. The maximum Gasteiger partial charge on any atom is 0.191 e. The lowest BCUT2D eigenvalue weighted by atomic mass is 9.96. The normalized spacial score (nSPS) is 19.3. The Hall–Kier alpha value is -1.79. The summed E-state index contributed by atoms with van der Waals surface area (Å²) in [6, 6.07) is 8.26. The van der Waals surface area contributed by atoms with Crippen molar-refractivity contribution in [3.63, 3.8) is 0 Å². The van der Waals surface area contributed by atoms with E-state index in [4.69, 9.17) is 9.47 Å². The Morgan fingerprint density at radius 3 is 2.76 bits per heavy atom. The van der Waals surface area contributed by atoms with Crippen molar-refractivity contribution in [1.29, 1.82) is 0 Å². The van der Waals surface area contributed by atoms with Gasteiger partial charge in [0.2, 0.25) is 0 Å². The van der Waals surface area contributed by atoms with E-state index in [1.165, 1.54) is 24.8 Å². The molecule has 0 radical (unpaired) electrons. The second-order valence-corrected chi connectivity index (χ2v) is 6.59. The minimum Gasteiger partial charge on any atom is -0.490 e. The van der Waals surface area contributed by atoms with E-state index in [0.717, 1.165) is 51.1 Å². The molecule has 1 saturated carbocycles. The van der Waals surface area contributed by atoms with Crippen molar-refractivity contribution >= 4 is 5.96 Å². The van der Waals surface area contributed by atoms with Gasteiger partial charge in [0.05, 0.1) is 19.3 Å². The van der Waals surface area contributed by atoms with Crippen molar-refractivity contribution in [1.82, 2.24) is 15.5 Å². The molecule has 25 heavy (non-hydrogen) atoms. The average Bonchev–Trinajstić information content (AvgIpc) is 2.63. The van der Waals surface area contributed by atoms with Crippen molar-refractivity contribution in [3.8, 4) is 5.75 Å². The van der Waals surface area contributed by atoms with E-state index in [-0.39, 0.29) is 0 Å². The molecular formula is C19H30N4O2. The molecule has 0 atom stereocenters. The highest BCUT2D eigenvalue weighted by Gasteiger charge is 2.20. The van der Waals surface area contributed by atoms with E-state index in [1.807, 2.05) is 6.07 Å². The van der Waals surface area contributed by atoms with E-state index in [2.05, 4.69) is 38.7 Å². The van der Waals surface area contributed by atoms with Gasteiger partial charge in [0.25, 0.3) is 0 Å². The molecular weight excluding hydrogens is 316 g/mol. The fraction of sp³-hybridized carbons (Fsp3) is 0.632. The van der Waals surface area contributed by atoms with Crippen molar-refractivity contribution in [2.24, 2.45) is 4.99 Å². The first-order valence-corrected chi connectivity index (χ1v) is 9.34. The van der Waals surface area contributed by atoms with Crippen LogP contribution < -0.4 is 15.4 Å². The monoisotopic (exact) mass is 346 g/mol. The van der Waals surface area contributed by atoms with Crippen LogP contribution in [0.5, 0.6) is 5.75 Å². The molecule has 0 aromatic heterocycles. The zero-order valence-corrected chi connectivity index (χ0v) is 15.2. The van der Waals surface area contributed by atoms with Gasteiger partial charge in [-0.3, -0.25) is 9.89 Å². The van der Waals surface area contributed by atoms with Gasteiger partial charge in [-0.1, -0.05) is 18.2 Å². The van der Waals surface area contributed by atoms with E-state index in [0.29, 0.717) is 12.6 Å². The maximum atomic E-state index is 6.09. The highest BCUT2D eigenvalue weighted by molar-refractivity contribution is 5.79. The third kappa shape index (κ3) is 5.61. The number of guanidine groups is 1. The van der Waals surface area contributed by atoms with Gasteiger partial charge >= 0.3 is 0 Å². The number of nitrogens with one attached hydrogen (secondary N) is 2. The largest absolute Gasteiger partial charge is 0.490 e. The van der Waals surface area contributed by atoms with E-state index >= 15 is 0 Å². The predicted molar refractivity (Wildman–Crippen MR) is 100 cm³/mol. The van der Waals surface area contributed by atoms with Gasteiger partial charge in [-0.25, -0.2) is 0 Å². The van der Waals surface area contributed by atoms with Crippen LogP contribution in [0.25, 0.3) is 0 Å². The van der Waals surface area contributed by atoms with Gasteiger partial charge in [0, 0.05) is 45.3 Å². The second kappa shape index (κ2) is 9.63. The summed E-state index contributed by atoms with van der Waals surface area (Å²) in [5.41, 5.74) is 1.17. The molecule has 1 aliphatic carbocycles. The molecule has 138 valence electrons. The van der Waals surface area contributed by atoms with Crippen molar-refractivity contribution in [2.45, 2.75) is 31.9 Å². The van der Waals surface area contributed by atoms with Crippen LogP contribution in [-0.4, -0.2) is 63.4 Å². The van der Waals surface area contributed by atoms with Gasteiger partial charge < -0.3 is 20.1 Å². The minimum absolute atomic E-state index is 0.395. The predicted octanol–water partition coefficient (Wildman–Crippen LogP) is 1.62. The highest BCUT2D eigenvalue weighted by atomic mass is 16.5. The van der Waals surface area contributed by atoms with Gasteiger partial charge in [-0.2, -0.15) is 0 Å². The summed E-state index contributed by atoms with van der Waals surface area (Å²) in [5.74, 6) is 1.81. The molecule has 0 unspecified atom stereocenters. The number of para-hydroxylation sites is 1. The Bertz CT molecular complexity index is 554. The lowest BCUT2D eigenvalue weighted by Crippen LogP contribution is -2.44. The zero-order chi connectivity index (χ0) is 17.3. The van der Waals surface area contributed by atoms with Crippen LogP contribution in [0.1, 0.15) is 24.8 Å². The molecule has 1 saturated heterocycles. The lowest BCUT2D eigenvalue weighted by Gasteiger charge is -2.28. The summed E-state index contributed by atoms with van der Waals surface area (Å²) in [5, 5.41) is 6.77. The first-order chi connectivity index (χ1) is 12.3. The molecule has 0 amide bonds. The highest BCUT2D eigenvalue weighted by Crippen LogP contribution is 2.27. The van der Waals surface area contributed by atoms with E-state index < -0.39 is 0 Å². The molecule has 1 heterocycles. The fourth-order valence-corrected chi connectivity index (χ4v) is 2.99. The summed E-state index contributed by atoms with van der Waals surface area (Å²) in [6.07, 6.45) is 4.02. The molecule has 0 spiro atoms. The molecule has 6 heteroatoms. The summed E-state index contributed by atoms with van der Waals surface area (Å²) >= 11 is 0. The molecule has 3 rings (SSSR count). The number of hydrogen-bond donors (Lipinski definition) is 2. The lowest BCUT2D eigenvalue weighted by molar-refractivity contribution is 0.0389. The standard InChI is InChI=1S/C19H30N4O2/c1-20-19(21-9-10-23-11-13-24-14-12-23)22-15-16-5-2-3-8-18(16)25-17-6-4-7-17/h2-3,5,8,17H,4,6-7,9-15H2,1H3,(H2,20,21,22). The maximum absolute atomic E-state index is 6.09. The van der Waals surface area contributed by atoms with Crippen LogP contribution in [0.15, 0.2) is 29.3 Å². The summed E-state index contributed by atoms with van der Waals surface area (Å²) in [7, 11) is 1.81. The molecule has 1 aromatic carbocycles. The topological polar surface area (TPSA) is 58.1 Å². The summed E-state index contributed by atoms with van der Waals surface area (Å²) in [6.45, 7) is 6.29. The van der Waals surface area contributed by atoms with E-state index in [1.54, 1.807) is 7.05 Å². The molecule has 0 bridgehead atoms. The smallest absolute Gasteiger partial charge is 0.191 e. The number of rotatable bonds is 7. The number of aliphatic imine (C=N–C) groups is 1. The summed E-state index contributed by atoms with van der Waals surface area (Å²) in [4.78, 5) is 6.72. The number of benzene rings is 1. The number of hydrogen-bond acceptors (Lipinski definition) is 4. The third-order valence-corrected chi connectivity index (χ3v) is 4.81. The molecule has 2 N–H and O–H groups in total. The Morgan fingerprint density at radius 2 is 2.04 bits per heavy atom. The van der Waals surface area contributed by atoms with E-state index in [9.17, 15) is 0 Å². The van der Waals surface area contributed by atoms with Crippen LogP contribution >= 0.6 is 0 Å². The Kier molecular flexibility index (Phi) is 6.94. The van der Waals surface area contributed by atoms with Crippen LogP contribution in [0.2, 0.25) is 0 Å². The van der Waals surface area contributed by atoms with Crippen LogP contribution in [0, 0.1) is 0 Å². The van der Waals surface area contributed by atoms with Crippen molar-refractivity contribution in [3.05, 3.63) is 29.8 Å². The van der Waals surface area contributed by atoms with Crippen molar-refractivity contribution in [2.75, 3.05) is 46.4 Å². The van der Waals surface area contributed by atoms with Gasteiger partial charge in [0.1, 0.15) is 5.75 Å². The van der Waals surface area contributed by atoms with Crippen LogP contribution in [0.4, 0.5) is 0 Å². The molecule has 1 aliphatic heterocycles. The van der Waals surface area contributed by atoms with Crippen LogP contribution in [0.3, 0.4) is 0 Å². The summed E-state index contributed by atoms with van der Waals surface area (Å²) < 4.78 is 11.5. The minimum atomic E-state index is 0.395. The zero-order valence-electron chi connectivity index (χ0n) is 15.2. The molecule has 1 aromatic rings. The molecule has 6 nitrogen and oxygen atoms in total. The van der Waals surface area contributed by atoms with Gasteiger partial charge in [-0.15, -0.1) is 0 Å². The Morgan fingerprint density at radius 1 is 1.24 bits per heavy atom. The average molecular weight is 346 g/mol. The number of nitrogens with zero attached hydrogens (tertiary/aromatic N) is 2. The second-order valence-electron chi connectivity index (χ2n) is 6.59. The fourth-order valence-electron chi connectivity index (χ4n) is 2.99. The van der Waals surface area contributed by atoms with Gasteiger partial charge in [0.15, 0.2) is 5.96 Å². The Labute approximate surface area is 150 Å². The number of ether oxygens (including phenoxy) is 2. The Balaban J connectivity index is 1.43. The molecule has 2 aliphatic rings.